The first kappa shape index (κ1) is 35.0. The van der Waals surface area contributed by atoms with Gasteiger partial charge in [0.1, 0.15) is 11.2 Å². The van der Waals surface area contributed by atoms with Crippen molar-refractivity contribution in [2.45, 2.75) is 0 Å². The Morgan fingerprint density at radius 2 is 0.812 bits per heavy atom. The fraction of sp³-hybridized carbons (Fsp3) is 0. The molecule has 0 aliphatic carbocycles. The van der Waals surface area contributed by atoms with Crippen LogP contribution < -0.4 is 4.90 Å². The van der Waals surface area contributed by atoms with E-state index < -0.39 is 0 Å². The van der Waals surface area contributed by atoms with E-state index in [2.05, 4.69) is 238 Å². The molecule has 0 fully saturated rings. The molecule has 64 heavy (non-hydrogen) atoms. The molecular formula is C60H37N3O. The van der Waals surface area contributed by atoms with Crippen LogP contribution in [-0.2, 0) is 0 Å². The Hall–Kier alpha value is -8.60. The molecule has 0 aliphatic heterocycles. The first-order valence-electron chi connectivity index (χ1n) is 21.9. The van der Waals surface area contributed by atoms with Gasteiger partial charge < -0.3 is 18.5 Å². The summed E-state index contributed by atoms with van der Waals surface area (Å²) in [7, 11) is 0. The zero-order valence-electron chi connectivity index (χ0n) is 34.6. The quantitative estimate of drug-likeness (QED) is 0.162. The van der Waals surface area contributed by atoms with Crippen molar-refractivity contribution in [1.29, 1.82) is 0 Å². The van der Waals surface area contributed by atoms with Crippen LogP contribution in [0.5, 0.6) is 0 Å². The standard InChI is InChI=1S/C60H37N3O/c1-2-17-38(18-3-1)62-51-28-11-8-23-45(51)47-26-15-32-55(59(47)62)63-52-29-12-9-24-46(52)48-27-14-31-54(60(48)63)61(53-30-16-34-57-58(53)49-25-10-13-33-56(49)64-57)39-35-36-44-42-21-5-4-19-40(42)41-20-6-7-22-43(41)50(44)37-39/h1-37H. The van der Waals surface area contributed by atoms with Gasteiger partial charge in [-0.15, -0.1) is 0 Å². The molecule has 3 heterocycles. The summed E-state index contributed by atoms with van der Waals surface area (Å²) in [6, 6.07) is 81.6. The minimum atomic E-state index is 0.853. The van der Waals surface area contributed by atoms with Gasteiger partial charge in [-0.05, 0) is 99.0 Å². The molecule has 0 amide bonds. The Balaban J connectivity index is 1.15. The van der Waals surface area contributed by atoms with Gasteiger partial charge in [-0.2, -0.15) is 0 Å². The maximum absolute atomic E-state index is 6.62. The Kier molecular flexibility index (Phi) is 7.36. The predicted molar refractivity (Wildman–Crippen MR) is 270 cm³/mol. The highest BCUT2D eigenvalue weighted by atomic mass is 16.3. The predicted octanol–water partition coefficient (Wildman–Crippen LogP) is 16.7. The van der Waals surface area contributed by atoms with Gasteiger partial charge in [0.05, 0.1) is 44.5 Å². The summed E-state index contributed by atoms with van der Waals surface area (Å²) in [6.45, 7) is 0. The molecule has 0 N–H and O–H groups in total. The third kappa shape index (κ3) is 4.88. The number of nitrogens with zero attached hydrogens (tertiary/aromatic N) is 3. The Bertz CT molecular complexity index is 4170. The van der Waals surface area contributed by atoms with Gasteiger partial charge in [0, 0.05) is 38.3 Å². The average molecular weight is 816 g/mol. The molecule has 14 aromatic rings. The summed E-state index contributed by atoms with van der Waals surface area (Å²) < 4.78 is 11.6. The molecule has 0 saturated heterocycles. The number of benzene rings is 11. The largest absolute Gasteiger partial charge is 0.456 e. The highest BCUT2D eigenvalue weighted by molar-refractivity contribution is 6.26. The molecule has 0 aliphatic rings. The van der Waals surface area contributed by atoms with Gasteiger partial charge in [-0.1, -0.05) is 158 Å². The summed E-state index contributed by atoms with van der Waals surface area (Å²) in [5.74, 6) is 0. The third-order valence-electron chi connectivity index (χ3n) is 13.5. The molecule has 0 spiro atoms. The van der Waals surface area contributed by atoms with Crippen molar-refractivity contribution in [3.63, 3.8) is 0 Å². The second-order valence-electron chi connectivity index (χ2n) is 16.8. The maximum Gasteiger partial charge on any atom is 0.137 e. The van der Waals surface area contributed by atoms with Crippen LogP contribution in [0.3, 0.4) is 0 Å². The lowest BCUT2D eigenvalue weighted by atomic mass is 9.94. The smallest absolute Gasteiger partial charge is 0.137 e. The minimum Gasteiger partial charge on any atom is -0.456 e. The molecule has 4 heteroatoms. The van der Waals surface area contributed by atoms with E-state index >= 15 is 0 Å². The summed E-state index contributed by atoms with van der Waals surface area (Å²) >= 11 is 0. The monoisotopic (exact) mass is 815 g/mol. The lowest BCUT2D eigenvalue weighted by Crippen LogP contribution is -2.12. The fourth-order valence-corrected chi connectivity index (χ4v) is 10.8. The molecule has 0 radical (unpaired) electrons. The third-order valence-corrected chi connectivity index (χ3v) is 13.5. The van der Waals surface area contributed by atoms with E-state index in [1.807, 2.05) is 0 Å². The van der Waals surface area contributed by atoms with Crippen molar-refractivity contribution < 1.29 is 4.42 Å². The van der Waals surface area contributed by atoms with E-state index in [9.17, 15) is 0 Å². The first-order valence-corrected chi connectivity index (χ1v) is 21.9. The van der Waals surface area contributed by atoms with Gasteiger partial charge in [0.15, 0.2) is 0 Å². The zero-order chi connectivity index (χ0) is 41.9. The van der Waals surface area contributed by atoms with E-state index in [-0.39, 0.29) is 0 Å². The van der Waals surface area contributed by atoms with Gasteiger partial charge in [-0.3, -0.25) is 0 Å². The van der Waals surface area contributed by atoms with Crippen LogP contribution in [0.1, 0.15) is 0 Å². The van der Waals surface area contributed by atoms with E-state index in [1.165, 1.54) is 59.4 Å². The second-order valence-corrected chi connectivity index (χ2v) is 16.8. The molecule has 14 rings (SSSR count). The number of rotatable bonds is 5. The summed E-state index contributed by atoms with van der Waals surface area (Å²) in [5.41, 5.74) is 11.7. The molecule has 3 aromatic heterocycles. The van der Waals surface area contributed by atoms with Crippen molar-refractivity contribution in [2.24, 2.45) is 0 Å². The summed E-state index contributed by atoms with van der Waals surface area (Å²) in [6.07, 6.45) is 0. The SMILES string of the molecule is c1ccc(-n2c3ccccc3c3cccc(-n4c5ccccc5c5cccc(N(c6ccc7c8ccccc8c8ccccc8c7c6)c6cccc7oc8ccccc8c67)c54)c32)cc1. The maximum atomic E-state index is 6.62. The van der Waals surface area contributed by atoms with Crippen LogP contribution in [0.25, 0.3) is 109 Å². The molecule has 0 bridgehead atoms. The van der Waals surface area contributed by atoms with E-state index in [0.29, 0.717) is 0 Å². The number of furan rings is 1. The highest BCUT2D eigenvalue weighted by Gasteiger charge is 2.26. The van der Waals surface area contributed by atoms with E-state index in [1.54, 1.807) is 0 Å². The van der Waals surface area contributed by atoms with Crippen LogP contribution in [0.15, 0.2) is 229 Å². The number of anilines is 3. The average Bonchev–Trinajstić information content (AvgIpc) is 4.03. The van der Waals surface area contributed by atoms with E-state index in [4.69, 9.17) is 4.42 Å². The highest BCUT2D eigenvalue weighted by Crippen LogP contribution is 2.49. The molecule has 298 valence electrons. The first-order chi connectivity index (χ1) is 31.8. The normalized spacial score (nSPS) is 12.1. The molecule has 11 aromatic carbocycles. The van der Waals surface area contributed by atoms with Crippen molar-refractivity contribution in [1.82, 2.24) is 9.13 Å². The number of fused-ring (bicyclic) bond motifs is 15. The van der Waals surface area contributed by atoms with Gasteiger partial charge in [-0.25, -0.2) is 0 Å². The Labute approximate surface area is 367 Å². The van der Waals surface area contributed by atoms with Crippen LogP contribution in [-0.4, -0.2) is 9.13 Å². The Morgan fingerprint density at radius 1 is 0.312 bits per heavy atom. The van der Waals surface area contributed by atoms with Crippen LogP contribution in [0.4, 0.5) is 17.1 Å². The van der Waals surface area contributed by atoms with Crippen molar-refractivity contribution in [3.05, 3.63) is 224 Å². The van der Waals surface area contributed by atoms with E-state index in [0.717, 1.165) is 66.9 Å². The van der Waals surface area contributed by atoms with Crippen LogP contribution in [0.2, 0.25) is 0 Å². The second kappa shape index (κ2) is 13.4. The molecule has 0 saturated carbocycles. The number of hydrogen-bond donors (Lipinski definition) is 0. The van der Waals surface area contributed by atoms with Crippen molar-refractivity contribution in [2.75, 3.05) is 4.90 Å². The molecule has 4 nitrogen and oxygen atoms in total. The summed E-state index contributed by atoms with van der Waals surface area (Å²) in [5, 5.41) is 14.4. The van der Waals surface area contributed by atoms with Crippen molar-refractivity contribution in [3.8, 4) is 11.4 Å². The minimum absolute atomic E-state index is 0.853. The van der Waals surface area contributed by atoms with Gasteiger partial charge >= 0.3 is 0 Å². The van der Waals surface area contributed by atoms with Crippen molar-refractivity contribution >= 4 is 115 Å². The lowest BCUT2D eigenvalue weighted by molar-refractivity contribution is 0.669. The summed E-state index contributed by atoms with van der Waals surface area (Å²) in [4.78, 5) is 2.48. The molecule has 0 unspecified atom stereocenters. The van der Waals surface area contributed by atoms with Crippen LogP contribution in [0, 0.1) is 0 Å². The topological polar surface area (TPSA) is 26.2 Å². The molecular weight excluding hydrogens is 779 g/mol. The van der Waals surface area contributed by atoms with Gasteiger partial charge in [0.2, 0.25) is 0 Å². The lowest BCUT2D eigenvalue weighted by Gasteiger charge is -2.28. The number of para-hydroxylation sites is 6. The zero-order valence-corrected chi connectivity index (χ0v) is 34.6. The number of aromatic nitrogens is 2. The van der Waals surface area contributed by atoms with Gasteiger partial charge in [0.25, 0.3) is 0 Å². The van der Waals surface area contributed by atoms with Crippen LogP contribution >= 0.6 is 0 Å². The molecule has 0 atom stereocenters. The fourth-order valence-electron chi connectivity index (χ4n) is 10.8. The number of hydrogen-bond acceptors (Lipinski definition) is 2. The Morgan fingerprint density at radius 3 is 1.53 bits per heavy atom.